The van der Waals surface area contributed by atoms with Gasteiger partial charge in [-0.2, -0.15) is 5.26 Å². The summed E-state index contributed by atoms with van der Waals surface area (Å²) in [5.74, 6) is 6.17. The lowest BCUT2D eigenvalue weighted by Crippen LogP contribution is -2.21. The molecule has 1 aromatic heterocycles. The summed E-state index contributed by atoms with van der Waals surface area (Å²) in [6.07, 6.45) is 1.42. The summed E-state index contributed by atoms with van der Waals surface area (Å²) in [6, 6.07) is 16.5. The SMILES string of the molecule is Cc1cccc(N(N)P=O)c1COc1cc(-c2ccc(C#N)cc2)ncn1. The first kappa shape index (κ1) is 18.5. The van der Waals surface area contributed by atoms with Crippen molar-refractivity contribution in [2.75, 3.05) is 4.78 Å². The fourth-order valence-corrected chi connectivity index (χ4v) is 2.85. The van der Waals surface area contributed by atoms with Gasteiger partial charge < -0.3 is 4.74 Å². The Morgan fingerprint density at radius 3 is 2.70 bits per heavy atom. The van der Waals surface area contributed by atoms with E-state index in [1.807, 2.05) is 31.2 Å². The zero-order valence-corrected chi connectivity index (χ0v) is 15.4. The molecule has 7 nitrogen and oxygen atoms in total. The van der Waals surface area contributed by atoms with Gasteiger partial charge >= 0.3 is 0 Å². The van der Waals surface area contributed by atoms with Crippen molar-refractivity contribution in [3.05, 3.63) is 71.5 Å². The normalized spacial score (nSPS) is 10.4. The maximum Gasteiger partial charge on any atom is 0.297 e. The zero-order chi connectivity index (χ0) is 19.2. The molecule has 134 valence electrons. The maximum absolute atomic E-state index is 11.1. The molecule has 0 aliphatic heterocycles. The Balaban J connectivity index is 1.82. The molecule has 0 saturated carbocycles. The molecule has 2 aromatic carbocycles. The molecule has 0 atom stereocenters. The topological polar surface area (TPSA) is 105 Å². The van der Waals surface area contributed by atoms with Crippen LogP contribution in [-0.4, -0.2) is 9.97 Å². The van der Waals surface area contributed by atoms with Crippen LogP contribution in [0.5, 0.6) is 5.88 Å². The minimum Gasteiger partial charge on any atom is -0.473 e. The van der Waals surface area contributed by atoms with E-state index in [0.717, 1.165) is 21.5 Å². The third-order valence-electron chi connectivity index (χ3n) is 4.04. The average Bonchev–Trinajstić information content (AvgIpc) is 2.72. The molecule has 0 aliphatic carbocycles. The molecule has 0 radical (unpaired) electrons. The van der Waals surface area contributed by atoms with Crippen LogP contribution in [0.25, 0.3) is 11.3 Å². The van der Waals surface area contributed by atoms with Crippen molar-refractivity contribution in [2.24, 2.45) is 5.84 Å². The first-order chi connectivity index (χ1) is 13.1. The van der Waals surface area contributed by atoms with E-state index in [0.29, 0.717) is 22.8 Å². The van der Waals surface area contributed by atoms with Crippen LogP contribution in [0.15, 0.2) is 54.9 Å². The average molecular weight is 377 g/mol. The molecular weight excluding hydrogens is 361 g/mol. The quantitative estimate of drug-likeness (QED) is 0.396. The first-order valence-electron chi connectivity index (χ1n) is 8.04. The van der Waals surface area contributed by atoms with E-state index in [1.54, 1.807) is 24.3 Å². The summed E-state index contributed by atoms with van der Waals surface area (Å²) in [4.78, 5) is 8.40. The van der Waals surface area contributed by atoms with Crippen molar-refractivity contribution in [1.29, 1.82) is 5.26 Å². The highest BCUT2D eigenvalue weighted by Crippen LogP contribution is 2.27. The first-order valence-corrected chi connectivity index (χ1v) is 8.81. The van der Waals surface area contributed by atoms with Gasteiger partial charge in [0.2, 0.25) is 5.88 Å². The fraction of sp³-hybridized carbons (Fsp3) is 0.105. The maximum atomic E-state index is 11.1. The van der Waals surface area contributed by atoms with Crippen LogP contribution in [-0.2, 0) is 11.2 Å². The monoisotopic (exact) mass is 377 g/mol. The van der Waals surface area contributed by atoms with E-state index in [-0.39, 0.29) is 15.2 Å². The van der Waals surface area contributed by atoms with Crippen molar-refractivity contribution in [1.82, 2.24) is 9.97 Å². The highest BCUT2D eigenvalue weighted by atomic mass is 31.1. The van der Waals surface area contributed by atoms with Gasteiger partial charge in [0.1, 0.15) is 12.9 Å². The highest BCUT2D eigenvalue weighted by molar-refractivity contribution is 7.25. The molecule has 0 unspecified atom stereocenters. The van der Waals surface area contributed by atoms with Crippen molar-refractivity contribution in [3.63, 3.8) is 0 Å². The number of ether oxygens (including phenoxy) is 1. The summed E-state index contributed by atoms with van der Waals surface area (Å²) in [5, 5.41) is 8.90. The van der Waals surface area contributed by atoms with Gasteiger partial charge in [-0.3, -0.25) is 0 Å². The number of hydrazine groups is 1. The fourth-order valence-electron chi connectivity index (χ4n) is 2.57. The summed E-state index contributed by atoms with van der Waals surface area (Å²) in [5.41, 5.74) is 4.53. The Morgan fingerprint density at radius 2 is 2.00 bits per heavy atom. The van der Waals surface area contributed by atoms with Gasteiger partial charge in [-0.25, -0.2) is 25.2 Å². The van der Waals surface area contributed by atoms with Crippen LogP contribution < -0.4 is 15.4 Å². The van der Waals surface area contributed by atoms with Crippen LogP contribution in [0.1, 0.15) is 16.7 Å². The lowest BCUT2D eigenvalue weighted by Gasteiger charge is -2.17. The van der Waals surface area contributed by atoms with Gasteiger partial charge in [-0.05, 0) is 30.7 Å². The second kappa shape index (κ2) is 8.37. The largest absolute Gasteiger partial charge is 0.473 e. The molecule has 2 N–H and O–H groups in total. The number of aromatic nitrogens is 2. The van der Waals surface area contributed by atoms with Gasteiger partial charge in [-0.1, -0.05) is 24.3 Å². The predicted molar refractivity (Wildman–Crippen MR) is 102 cm³/mol. The van der Waals surface area contributed by atoms with Gasteiger partial charge in [-0.15, -0.1) is 0 Å². The van der Waals surface area contributed by atoms with E-state index >= 15 is 0 Å². The number of hydrogen-bond acceptors (Lipinski definition) is 6. The summed E-state index contributed by atoms with van der Waals surface area (Å²) >= 11 is 0. The van der Waals surface area contributed by atoms with Crippen LogP contribution in [0.3, 0.4) is 0 Å². The summed E-state index contributed by atoms with van der Waals surface area (Å²) in [7, 11) is -0.305. The lowest BCUT2D eigenvalue weighted by molar-refractivity contribution is 0.293. The predicted octanol–water partition coefficient (Wildman–Crippen LogP) is 3.79. The van der Waals surface area contributed by atoms with E-state index < -0.39 is 0 Å². The Morgan fingerprint density at radius 1 is 1.22 bits per heavy atom. The van der Waals surface area contributed by atoms with E-state index in [2.05, 4.69) is 16.0 Å². The van der Waals surface area contributed by atoms with Crippen LogP contribution >= 0.6 is 8.61 Å². The second-order valence-corrected chi connectivity index (χ2v) is 6.31. The number of nitrogens with zero attached hydrogens (tertiary/aromatic N) is 4. The Hall–Kier alpha value is -3.33. The number of nitriles is 1. The zero-order valence-electron chi connectivity index (χ0n) is 14.5. The minimum absolute atomic E-state index is 0.217. The molecule has 0 amide bonds. The molecule has 3 rings (SSSR count). The van der Waals surface area contributed by atoms with Crippen LogP contribution in [0, 0.1) is 18.3 Å². The number of nitrogens with two attached hydrogens (primary N) is 1. The molecule has 27 heavy (non-hydrogen) atoms. The van der Waals surface area contributed by atoms with Gasteiger partial charge in [0.05, 0.1) is 23.0 Å². The third kappa shape index (κ3) is 4.26. The van der Waals surface area contributed by atoms with Crippen molar-refractivity contribution >= 4 is 14.3 Å². The molecule has 0 aliphatic rings. The standard InChI is InChI=1S/C19H16N5O2P/c1-13-3-2-4-18(24(21)27-25)16(13)11-26-19-9-17(22-12-23-19)15-7-5-14(10-20)6-8-15/h2-9,12H,11,21H2,1H3. The Bertz CT molecular complexity index is 1000. The molecule has 0 saturated heterocycles. The van der Waals surface area contributed by atoms with Crippen LogP contribution in [0.2, 0.25) is 0 Å². The molecule has 0 bridgehead atoms. The minimum atomic E-state index is -0.305. The Kier molecular flexibility index (Phi) is 5.72. The molecule has 8 heteroatoms. The van der Waals surface area contributed by atoms with Gasteiger partial charge in [0, 0.05) is 17.2 Å². The molecule has 0 spiro atoms. The highest BCUT2D eigenvalue weighted by Gasteiger charge is 2.12. The van der Waals surface area contributed by atoms with Crippen molar-refractivity contribution in [3.8, 4) is 23.2 Å². The van der Waals surface area contributed by atoms with Crippen molar-refractivity contribution in [2.45, 2.75) is 13.5 Å². The summed E-state index contributed by atoms with van der Waals surface area (Å²) < 4.78 is 18.1. The number of benzene rings is 2. The van der Waals surface area contributed by atoms with Gasteiger partial charge in [0.15, 0.2) is 0 Å². The molecule has 3 aromatic rings. The number of anilines is 1. The molecule has 1 heterocycles. The van der Waals surface area contributed by atoms with E-state index in [9.17, 15) is 4.57 Å². The van der Waals surface area contributed by atoms with Gasteiger partial charge in [0.25, 0.3) is 8.61 Å². The number of rotatable bonds is 6. The smallest absolute Gasteiger partial charge is 0.297 e. The summed E-state index contributed by atoms with van der Waals surface area (Å²) in [6.45, 7) is 2.15. The van der Waals surface area contributed by atoms with E-state index in [4.69, 9.17) is 15.8 Å². The lowest BCUT2D eigenvalue weighted by atomic mass is 10.1. The van der Waals surface area contributed by atoms with Crippen molar-refractivity contribution < 1.29 is 9.30 Å². The number of hydrogen-bond donors (Lipinski definition) is 1. The molecular formula is C19H16N5O2P. The van der Waals surface area contributed by atoms with Crippen LogP contribution in [0.4, 0.5) is 5.69 Å². The second-order valence-electron chi connectivity index (χ2n) is 5.72. The van der Waals surface area contributed by atoms with E-state index in [1.165, 1.54) is 6.33 Å². The Labute approximate surface area is 158 Å². The molecule has 0 fully saturated rings. The number of aryl methyl sites for hydroxylation is 1. The third-order valence-corrected chi connectivity index (χ3v) is 4.43.